The fourth-order valence-electron chi connectivity index (χ4n) is 1.39. The maximum Gasteiger partial charge on any atom is 0.0659 e. The second-order valence-electron chi connectivity index (χ2n) is 3.29. The number of halogens is 1. The van der Waals surface area contributed by atoms with Gasteiger partial charge in [0, 0.05) is 16.9 Å². The van der Waals surface area contributed by atoms with Crippen molar-refractivity contribution in [2.24, 2.45) is 0 Å². The van der Waals surface area contributed by atoms with Gasteiger partial charge >= 0.3 is 0 Å². The quantitative estimate of drug-likeness (QED) is 0.802. The lowest BCUT2D eigenvalue weighted by atomic mass is 10.1. The number of nitrogens with zero attached hydrogens (tertiary/aromatic N) is 2. The van der Waals surface area contributed by atoms with Gasteiger partial charge in [-0.25, -0.2) is 0 Å². The van der Waals surface area contributed by atoms with Crippen molar-refractivity contribution < 1.29 is 0 Å². The molecule has 2 aromatic rings. The Morgan fingerprint density at radius 1 is 1.43 bits per heavy atom. The van der Waals surface area contributed by atoms with Crippen LogP contribution in [-0.2, 0) is 6.54 Å². The number of hydrogen-bond donors (Lipinski definition) is 0. The van der Waals surface area contributed by atoms with Crippen LogP contribution >= 0.6 is 15.9 Å². The lowest BCUT2D eigenvalue weighted by Crippen LogP contribution is -1.99. The summed E-state index contributed by atoms with van der Waals surface area (Å²) in [6, 6.07) is 8.30. The molecule has 0 unspecified atom stereocenters. The molecular weight excluding hydrogens is 240 g/mol. The Morgan fingerprint density at radius 2 is 2.29 bits per heavy atom. The van der Waals surface area contributed by atoms with Crippen LogP contribution in [0.1, 0.15) is 11.1 Å². The van der Waals surface area contributed by atoms with Crippen LogP contribution in [0, 0.1) is 6.92 Å². The molecule has 2 rings (SSSR count). The van der Waals surface area contributed by atoms with Gasteiger partial charge in [-0.1, -0.05) is 28.1 Å². The van der Waals surface area contributed by atoms with Gasteiger partial charge in [0.15, 0.2) is 0 Å². The first-order valence-electron chi connectivity index (χ1n) is 4.48. The number of aryl methyl sites for hydroxylation is 1. The predicted molar refractivity (Wildman–Crippen MR) is 60.2 cm³/mol. The van der Waals surface area contributed by atoms with E-state index in [4.69, 9.17) is 0 Å². The van der Waals surface area contributed by atoms with E-state index >= 15 is 0 Å². The summed E-state index contributed by atoms with van der Waals surface area (Å²) in [5.41, 5.74) is 2.53. The highest BCUT2D eigenvalue weighted by Crippen LogP contribution is 2.17. The Balaban J connectivity index is 2.22. The van der Waals surface area contributed by atoms with Crippen LogP contribution in [0.3, 0.4) is 0 Å². The maximum absolute atomic E-state index is 4.17. The van der Waals surface area contributed by atoms with Gasteiger partial charge in [0.25, 0.3) is 0 Å². The number of rotatable bonds is 2. The SMILES string of the molecule is Cc1cc(Cn2cccn2)ccc1Br. The van der Waals surface area contributed by atoms with Crippen LogP contribution in [-0.4, -0.2) is 9.78 Å². The van der Waals surface area contributed by atoms with E-state index in [0.717, 1.165) is 11.0 Å². The topological polar surface area (TPSA) is 17.8 Å². The highest BCUT2D eigenvalue weighted by Gasteiger charge is 1.98. The Hall–Kier alpha value is -1.09. The molecule has 0 fully saturated rings. The Labute approximate surface area is 91.7 Å². The van der Waals surface area contributed by atoms with Crippen LogP contribution in [0.15, 0.2) is 41.1 Å². The zero-order chi connectivity index (χ0) is 9.97. The lowest BCUT2D eigenvalue weighted by Gasteiger charge is -2.04. The average Bonchev–Trinajstić information content (AvgIpc) is 2.64. The fourth-order valence-corrected chi connectivity index (χ4v) is 1.63. The third-order valence-corrected chi connectivity index (χ3v) is 3.02. The van der Waals surface area contributed by atoms with Crippen molar-refractivity contribution in [3.05, 3.63) is 52.3 Å². The van der Waals surface area contributed by atoms with Gasteiger partial charge in [-0.15, -0.1) is 0 Å². The van der Waals surface area contributed by atoms with E-state index in [0.29, 0.717) is 0 Å². The Kier molecular flexibility index (Phi) is 2.68. The second kappa shape index (κ2) is 3.96. The summed E-state index contributed by atoms with van der Waals surface area (Å²) in [5, 5.41) is 4.17. The average molecular weight is 251 g/mol. The number of aromatic nitrogens is 2. The molecule has 0 aliphatic rings. The van der Waals surface area contributed by atoms with Gasteiger partial charge in [0.05, 0.1) is 6.54 Å². The first kappa shape index (κ1) is 9.46. The van der Waals surface area contributed by atoms with Gasteiger partial charge in [0.1, 0.15) is 0 Å². The van der Waals surface area contributed by atoms with Gasteiger partial charge in [-0.2, -0.15) is 5.10 Å². The normalized spacial score (nSPS) is 10.4. The molecule has 0 N–H and O–H groups in total. The van der Waals surface area contributed by atoms with E-state index in [9.17, 15) is 0 Å². The van der Waals surface area contributed by atoms with Crippen molar-refractivity contribution >= 4 is 15.9 Å². The van der Waals surface area contributed by atoms with Crippen LogP contribution in [0.25, 0.3) is 0 Å². The molecule has 72 valence electrons. The van der Waals surface area contributed by atoms with Crippen molar-refractivity contribution in [3.63, 3.8) is 0 Å². The predicted octanol–water partition coefficient (Wildman–Crippen LogP) is 3.00. The fraction of sp³-hybridized carbons (Fsp3) is 0.182. The summed E-state index contributed by atoms with van der Waals surface area (Å²) in [4.78, 5) is 0. The molecule has 0 bridgehead atoms. The van der Waals surface area contributed by atoms with E-state index < -0.39 is 0 Å². The number of hydrogen-bond acceptors (Lipinski definition) is 1. The van der Waals surface area contributed by atoms with E-state index in [-0.39, 0.29) is 0 Å². The molecule has 0 atom stereocenters. The Bertz CT molecular complexity index is 421. The first-order chi connectivity index (χ1) is 6.75. The van der Waals surface area contributed by atoms with Crippen molar-refractivity contribution in [2.75, 3.05) is 0 Å². The molecule has 1 aromatic carbocycles. The molecule has 14 heavy (non-hydrogen) atoms. The molecule has 0 saturated carbocycles. The molecule has 1 heterocycles. The second-order valence-corrected chi connectivity index (χ2v) is 4.14. The molecule has 2 nitrogen and oxygen atoms in total. The molecule has 0 amide bonds. The highest BCUT2D eigenvalue weighted by atomic mass is 79.9. The van der Waals surface area contributed by atoms with Crippen molar-refractivity contribution in [3.8, 4) is 0 Å². The summed E-state index contributed by atoms with van der Waals surface area (Å²) >= 11 is 3.48. The smallest absolute Gasteiger partial charge is 0.0659 e. The minimum Gasteiger partial charge on any atom is -0.268 e. The van der Waals surface area contributed by atoms with Gasteiger partial charge in [-0.05, 0) is 30.2 Å². The lowest BCUT2D eigenvalue weighted by molar-refractivity contribution is 0.686. The molecule has 0 radical (unpaired) electrons. The molecule has 0 saturated heterocycles. The molecule has 0 aliphatic heterocycles. The van der Waals surface area contributed by atoms with E-state index in [1.807, 2.05) is 16.9 Å². The van der Waals surface area contributed by atoms with Crippen molar-refractivity contribution in [1.82, 2.24) is 9.78 Å². The standard InChI is InChI=1S/C11H11BrN2/c1-9-7-10(3-4-11(9)12)8-14-6-2-5-13-14/h2-7H,8H2,1H3. The van der Waals surface area contributed by atoms with E-state index in [1.165, 1.54) is 11.1 Å². The van der Waals surface area contributed by atoms with Crippen LogP contribution in [0.5, 0.6) is 0 Å². The summed E-state index contributed by atoms with van der Waals surface area (Å²) in [7, 11) is 0. The molecule has 0 spiro atoms. The monoisotopic (exact) mass is 250 g/mol. The van der Waals surface area contributed by atoms with Crippen LogP contribution < -0.4 is 0 Å². The zero-order valence-electron chi connectivity index (χ0n) is 7.94. The van der Waals surface area contributed by atoms with Crippen molar-refractivity contribution in [1.29, 1.82) is 0 Å². The van der Waals surface area contributed by atoms with Crippen molar-refractivity contribution in [2.45, 2.75) is 13.5 Å². The Morgan fingerprint density at radius 3 is 2.93 bits per heavy atom. The largest absolute Gasteiger partial charge is 0.268 e. The van der Waals surface area contributed by atoms with Gasteiger partial charge in [-0.3, -0.25) is 4.68 Å². The minimum atomic E-state index is 0.834. The maximum atomic E-state index is 4.17. The first-order valence-corrected chi connectivity index (χ1v) is 5.27. The van der Waals surface area contributed by atoms with Crippen LogP contribution in [0.2, 0.25) is 0 Å². The third kappa shape index (κ3) is 2.04. The minimum absolute atomic E-state index is 0.834. The molecule has 0 aliphatic carbocycles. The summed E-state index contributed by atoms with van der Waals surface area (Å²) < 4.78 is 3.07. The van der Waals surface area contributed by atoms with E-state index in [1.54, 1.807) is 6.20 Å². The van der Waals surface area contributed by atoms with E-state index in [2.05, 4.69) is 46.2 Å². The summed E-state index contributed by atoms with van der Waals surface area (Å²) in [6.07, 6.45) is 3.77. The molecule has 1 aromatic heterocycles. The highest BCUT2D eigenvalue weighted by molar-refractivity contribution is 9.10. The molecular formula is C11H11BrN2. The van der Waals surface area contributed by atoms with Gasteiger partial charge < -0.3 is 0 Å². The summed E-state index contributed by atoms with van der Waals surface area (Å²) in [5.74, 6) is 0. The molecule has 3 heteroatoms. The number of benzene rings is 1. The van der Waals surface area contributed by atoms with Gasteiger partial charge in [0.2, 0.25) is 0 Å². The van der Waals surface area contributed by atoms with Crippen LogP contribution in [0.4, 0.5) is 0 Å². The summed E-state index contributed by atoms with van der Waals surface area (Å²) in [6.45, 7) is 2.93. The third-order valence-electron chi connectivity index (χ3n) is 2.13. The zero-order valence-corrected chi connectivity index (χ0v) is 9.53.